The van der Waals surface area contributed by atoms with Gasteiger partial charge in [0.05, 0.1) is 6.26 Å². The Morgan fingerprint density at radius 2 is 1.65 bits per heavy atom. The van der Waals surface area contributed by atoms with Gasteiger partial charge in [0.25, 0.3) is 16.0 Å². The molecule has 3 nitrogen and oxygen atoms in total. The summed E-state index contributed by atoms with van der Waals surface area (Å²) < 4.78 is 68.5. The second-order valence-corrected chi connectivity index (χ2v) is 6.97. The maximum Gasteiger partial charge on any atom is 0.286 e. The molecule has 0 aliphatic heterocycles. The molecule has 3 aliphatic rings. The summed E-state index contributed by atoms with van der Waals surface area (Å²) in [5.74, 6) is -3.53. The lowest BCUT2D eigenvalue weighted by atomic mass is 9.56. The Bertz CT molecular complexity index is 424. The van der Waals surface area contributed by atoms with E-state index in [-0.39, 0.29) is 25.7 Å². The first-order chi connectivity index (χ1) is 7.53. The topological polar surface area (TPSA) is 43.4 Å². The highest BCUT2D eigenvalue weighted by molar-refractivity contribution is 7.86. The molecule has 3 saturated carbocycles. The Labute approximate surface area is 98.5 Å². The molecule has 7 heteroatoms. The lowest BCUT2D eigenvalue weighted by Crippen LogP contribution is -2.67. The maximum atomic E-state index is 13.9. The molecule has 0 radical (unpaired) electrons. The number of rotatable bonds is 2. The summed E-state index contributed by atoms with van der Waals surface area (Å²) in [4.78, 5) is 0. The molecule has 3 rings (SSSR count). The third-order valence-electron chi connectivity index (χ3n) is 4.10. The number of fused-ring (bicyclic) bond motifs is 3. The van der Waals surface area contributed by atoms with E-state index in [0.29, 0.717) is 0 Å². The van der Waals surface area contributed by atoms with Crippen LogP contribution in [0.3, 0.4) is 0 Å². The summed E-state index contributed by atoms with van der Waals surface area (Å²) >= 11 is 0. The first kappa shape index (κ1) is 13.1. The molecule has 3 fully saturated rings. The fourth-order valence-corrected chi connectivity index (χ4v) is 3.73. The first-order valence-electron chi connectivity index (χ1n) is 5.45. The van der Waals surface area contributed by atoms with Gasteiger partial charge < -0.3 is 0 Å². The highest BCUT2D eigenvalue weighted by atomic mass is 32.2. The van der Waals surface area contributed by atoms with Crippen LogP contribution < -0.4 is 0 Å². The van der Waals surface area contributed by atoms with Gasteiger partial charge in [0, 0.05) is 5.41 Å². The molecule has 0 heterocycles. The number of hydrogen-bond acceptors (Lipinski definition) is 3. The molecule has 0 saturated heterocycles. The van der Waals surface area contributed by atoms with Crippen molar-refractivity contribution < 1.29 is 25.8 Å². The minimum Gasteiger partial charge on any atom is -0.260 e. The zero-order valence-corrected chi connectivity index (χ0v) is 10.5. The second kappa shape index (κ2) is 3.38. The van der Waals surface area contributed by atoms with Crippen molar-refractivity contribution in [3.63, 3.8) is 0 Å². The molecule has 0 aromatic heterocycles. The average Bonchev–Trinajstić information content (AvgIpc) is 2.16. The largest absolute Gasteiger partial charge is 0.286 e. The van der Waals surface area contributed by atoms with E-state index in [4.69, 9.17) is 0 Å². The van der Waals surface area contributed by atoms with Crippen LogP contribution >= 0.6 is 0 Å². The van der Waals surface area contributed by atoms with Crippen molar-refractivity contribution in [3.8, 4) is 0 Å². The molecule has 0 aromatic carbocycles. The smallest absolute Gasteiger partial charge is 0.260 e. The lowest BCUT2D eigenvalue weighted by Gasteiger charge is -2.56. The predicted octanol–water partition coefficient (Wildman–Crippen LogP) is 2.27. The minimum atomic E-state index is -3.95. The van der Waals surface area contributed by atoms with E-state index in [2.05, 4.69) is 4.18 Å². The predicted molar refractivity (Wildman–Crippen MR) is 55.1 cm³/mol. The highest BCUT2D eigenvalue weighted by Crippen LogP contribution is 2.62. The lowest BCUT2D eigenvalue weighted by molar-refractivity contribution is -0.275. The SMILES string of the molecule is CC12CCC(OS(C)(=O)=O)(CC1)C(F)C2(F)F. The van der Waals surface area contributed by atoms with Crippen molar-refractivity contribution in [1.82, 2.24) is 0 Å². The van der Waals surface area contributed by atoms with Gasteiger partial charge in [0.15, 0.2) is 6.17 Å². The van der Waals surface area contributed by atoms with Gasteiger partial charge in [-0.1, -0.05) is 6.92 Å². The fraction of sp³-hybridized carbons (Fsp3) is 1.00. The van der Waals surface area contributed by atoms with Gasteiger partial charge in [-0.05, 0) is 25.7 Å². The molecule has 17 heavy (non-hydrogen) atoms. The quantitative estimate of drug-likeness (QED) is 0.724. The first-order valence-corrected chi connectivity index (χ1v) is 7.27. The standard InChI is InChI=1S/C10H15F3O3S/c1-8-3-5-9(6-4-8,16-17(2,14)15)7(11)10(8,12)13/h7H,3-6H2,1-2H3. The van der Waals surface area contributed by atoms with Crippen molar-refractivity contribution in [3.05, 3.63) is 0 Å². The van der Waals surface area contributed by atoms with E-state index < -0.39 is 33.2 Å². The Morgan fingerprint density at radius 3 is 2.06 bits per heavy atom. The third-order valence-corrected chi connectivity index (χ3v) is 4.74. The summed E-state index contributed by atoms with van der Waals surface area (Å²) in [6.07, 6.45) is -1.60. The zero-order valence-electron chi connectivity index (χ0n) is 9.67. The average molecular weight is 272 g/mol. The fourth-order valence-electron chi connectivity index (χ4n) is 2.88. The van der Waals surface area contributed by atoms with E-state index in [1.807, 2.05) is 0 Å². The van der Waals surface area contributed by atoms with Crippen molar-refractivity contribution in [2.75, 3.05) is 6.26 Å². The van der Waals surface area contributed by atoms with Gasteiger partial charge in [-0.2, -0.15) is 8.42 Å². The molecule has 1 atom stereocenters. The van der Waals surface area contributed by atoms with Crippen LogP contribution in [0.2, 0.25) is 0 Å². The van der Waals surface area contributed by atoms with Crippen molar-refractivity contribution >= 4 is 10.1 Å². The van der Waals surface area contributed by atoms with Gasteiger partial charge in [0.1, 0.15) is 5.60 Å². The van der Waals surface area contributed by atoms with Crippen LogP contribution in [-0.2, 0) is 14.3 Å². The Balaban J connectivity index is 2.39. The van der Waals surface area contributed by atoms with Crippen LogP contribution in [0.4, 0.5) is 13.2 Å². The van der Waals surface area contributed by atoms with E-state index >= 15 is 0 Å². The molecule has 2 bridgehead atoms. The molecule has 100 valence electrons. The van der Waals surface area contributed by atoms with Gasteiger partial charge in [-0.3, -0.25) is 4.18 Å². The van der Waals surface area contributed by atoms with Gasteiger partial charge in [-0.15, -0.1) is 0 Å². The van der Waals surface area contributed by atoms with Crippen LogP contribution in [0.5, 0.6) is 0 Å². The molecule has 3 aliphatic carbocycles. The Kier molecular flexibility index (Phi) is 2.61. The van der Waals surface area contributed by atoms with E-state index in [1.165, 1.54) is 6.92 Å². The van der Waals surface area contributed by atoms with Gasteiger partial charge >= 0.3 is 0 Å². The molecular formula is C10H15F3O3S. The summed E-state index contributed by atoms with van der Waals surface area (Å²) in [5.41, 5.74) is -3.25. The van der Waals surface area contributed by atoms with Crippen molar-refractivity contribution in [1.29, 1.82) is 0 Å². The van der Waals surface area contributed by atoms with Gasteiger partial charge in [-0.25, -0.2) is 13.2 Å². The third kappa shape index (κ3) is 1.78. The van der Waals surface area contributed by atoms with Crippen LogP contribution in [-0.4, -0.2) is 32.4 Å². The van der Waals surface area contributed by atoms with E-state index in [9.17, 15) is 21.6 Å². The second-order valence-electron chi connectivity index (χ2n) is 5.40. The molecule has 0 N–H and O–H groups in total. The summed E-state index contributed by atoms with van der Waals surface area (Å²) in [6.45, 7) is 1.35. The molecule has 0 aromatic rings. The summed E-state index contributed by atoms with van der Waals surface area (Å²) in [6, 6.07) is 0. The zero-order chi connectivity index (χ0) is 13.1. The molecule has 0 spiro atoms. The number of hydrogen-bond donors (Lipinski definition) is 0. The van der Waals surface area contributed by atoms with Crippen molar-refractivity contribution in [2.45, 2.75) is 50.3 Å². The maximum absolute atomic E-state index is 13.9. The van der Waals surface area contributed by atoms with Crippen LogP contribution in [0.25, 0.3) is 0 Å². The Morgan fingerprint density at radius 1 is 1.18 bits per heavy atom. The normalized spacial score (nSPS) is 44.9. The highest BCUT2D eigenvalue weighted by Gasteiger charge is 2.71. The van der Waals surface area contributed by atoms with Crippen LogP contribution in [0.1, 0.15) is 32.6 Å². The number of alkyl halides is 3. The van der Waals surface area contributed by atoms with Crippen molar-refractivity contribution in [2.24, 2.45) is 5.41 Å². The summed E-state index contributed by atoms with van der Waals surface area (Å²) in [5, 5.41) is 0. The molecule has 0 amide bonds. The Hall–Kier alpha value is -0.300. The molecule has 1 unspecified atom stereocenters. The molecular weight excluding hydrogens is 257 g/mol. The summed E-state index contributed by atoms with van der Waals surface area (Å²) in [7, 11) is -3.95. The monoisotopic (exact) mass is 272 g/mol. The van der Waals surface area contributed by atoms with Crippen LogP contribution in [0.15, 0.2) is 0 Å². The van der Waals surface area contributed by atoms with Crippen LogP contribution in [0, 0.1) is 5.41 Å². The van der Waals surface area contributed by atoms with Gasteiger partial charge in [0.2, 0.25) is 0 Å². The number of halogens is 3. The van der Waals surface area contributed by atoms with E-state index in [1.54, 1.807) is 0 Å². The minimum absolute atomic E-state index is 0.0212. The van der Waals surface area contributed by atoms with E-state index in [0.717, 1.165) is 6.26 Å².